The summed E-state index contributed by atoms with van der Waals surface area (Å²) >= 11 is 0. The summed E-state index contributed by atoms with van der Waals surface area (Å²) < 4.78 is 5.50. The van der Waals surface area contributed by atoms with Gasteiger partial charge in [0.25, 0.3) is 5.91 Å². The van der Waals surface area contributed by atoms with Crippen molar-refractivity contribution in [1.82, 2.24) is 5.32 Å². The maximum atomic E-state index is 11.6. The van der Waals surface area contributed by atoms with E-state index in [0.717, 1.165) is 23.3 Å². The van der Waals surface area contributed by atoms with Crippen LogP contribution in [0.3, 0.4) is 0 Å². The standard InChI is InChI=1S/C15H17NO3/c1-3-8-19-12-6-4-11(5-7-12)10(2)13-9-14(17)16-15(13)18/h4-7H,3,8-9H2,1-2H3,(H,16,17,18). The van der Waals surface area contributed by atoms with Crippen molar-refractivity contribution in [2.45, 2.75) is 26.7 Å². The molecule has 4 nitrogen and oxygen atoms in total. The number of nitrogens with one attached hydrogen (secondary N) is 1. The van der Waals surface area contributed by atoms with E-state index < -0.39 is 0 Å². The van der Waals surface area contributed by atoms with Crippen molar-refractivity contribution < 1.29 is 14.3 Å². The fraction of sp³-hybridized carbons (Fsp3) is 0.333. The molecule has 1 aromatic rings. The van der Waals surface area contributed by atoms with E-state index in [9.17, 15) is 9.59 Å². The molecule has 1 saturated heterocycles. The van der Waals surface area contributed by atoms with Gasteiger partial charge in [-0.05, 0) is 36.6 Å². The highest BCUT2D eigenvalue weighted by Crippen LogP contribution is 2.25. The van der Waals surface area contributed by atoms with Gasteiger partial charge in [-0.15, -0.1) is 0 Å². The number of hydrogen-bond donors (Lipinski definition) is 1. The van der Waals surface area contributed by atoms with Gasteiger partial charge in [0, 0.05) is 5.57 Å². The van der Waals surface area contributed by atoms with Crippen LogP contribution in [0.5, 0.6) is 5.75 Å². The van der Waals surface area contributed by atoms with Crippen LogP contribution < -0.4 is 10.1 Å². The summed E-state index contributed by atoms with van der Waals surface area (Å²) in [7, 11) is 0. The quantitative estimate of drug-likeness (QED) is 0.666. The molecule has 0 bridgehead atoms. The molecule has 2 amide bonds. The predicted octanol–water partition coefficient (Wildman–Crippen LogP) is 2.30. The number of carbonyl (C=O) groups excluding carboxylic acids is 2. The van der Waals surface area contributed by atoms with Crippen LogP contribution in [-0.4, -0.2) is 18.4 Å². The average molecular weight is 259 g/mol. The van der Waals surface area contributed by atoms with Gasteiger partial charge in [-0.2, -0.15) is 0 Å². The molecule has 0 unspecified atom stereocenters. The van der Waals surface area contributed by atoms with Crippen LogP contribution in [0.4, 0.5) is 0 Å². The average Bonchev–Trinajstić information content (AvgIpc) is 2.75. The number of hydrogen-bond acceptors (Lipinski definition) is 3. The van der Waals surface area contributed by atoms with Crippen molar-refractivity contribution in [2.24, 2.45) is 0 Å². The summed E-state index contributed by atoms with van der Waals surface area (Å²) in [5.74, 6) is 0.298. The van der Waals surface area contributed by atoms with Crippen molar-refractivity contribution >= 4 is 17.4 Å². The lowest BCUT2D eigenvalue weighted by Crippen LogP contribution is -2.19. The summed E-state index contributed by atoms with van der Waals surface area (Å²) in [6.45, 7) is 4.60. The second-order valence-corrected chi connectivity index (χ2v) is 4.53. The molecule has 1 fully saturated rings. The summed E-state index contributed by atoms with van der Waals surface area (Å²) in [5, 5.41) is 2.30. The van der Waals surface area contributed by atoms with E-state index in [1.165, 1.54) is 0 Å². The van der Waals surface area contributed by atoms with Crippen LogP contribution in [0.2, 0.25) is 0 Å². The number of benzene rings is 1. The Morgan fingerprint density at radius 2 is 1.95 bits per heavy atom. The Hall–Kier alpha value is -2.10. The first-order valence-corrected chi connectivity index (χ1v) is 6.39. The van der Waals surface area contributed by atoms with Crippen LogP contribution in [0.15, 0.2) is 29.8 Å². The third kappa shape index (κ3) is 3.02. The predicted molar refractivity (Wildman–Crippen MR) is 72.6 cm³/mol. The number of allylic oxidation sites excluding steroid dienone is 1. The van der Waals surface area contributed by atoms with Crippen LogP contribution in [0.25, 0.3) is 5.57 Å². The van der Waals surface area contributed by atoms with Crippen molar-refractivity contribution in [3.05, 3.63) is 35.4 Å². The van der Waals surface area contributed by atoms with E-state index in [1.807, 2.05) is 31.2 Å². The summed E-state index contributed by atoms with van der Waals surface area (Å²) in [6, 6.07) is 7.57. The van der Waals surface area contributed by atoms with E-state index in [0.29, 0.717) is 12.2 Å². The molecule has 0 radical (unpaired) electrons. The number of amides is 2. The highest BCUT2D eigenvalue weighted by Gasteiger charge is 2.26. The second-order valence-electron chi connectivity index (χ2n) is 4.53. The first-order valence-electron chi connectivity index (χ1n) is 6.39. The summed E-state index contributed by atoms with van der Waals surface area (Å²) in [4.78, 5) is 22.8. The Balaban J connectivity index is 2.20. The van der Waals surface area contributed by atoms with Gasteiger partial charge in [-0.25, -0.2) is 0 Å². The molecule has 100 valence electrons. The Morgan fingerprint density at radius 1 is 1.26 bits per heavy atom. The van der Waals surface area contributed by atoms with Gasteiger partial charge in [0.1, 0.15) is 5.75 Å². The lowest BCUT2D eigenvalue weighted by Gasteiger charge is -2.07. The fourth-order valence-corrected chi connectivity index (χ4v) is 1.99. The SMILES string of the molecule is CCCOc1ccc(C(C)=C2CC(=O)NC2=O)cc1. The maximum Gasteiger partial charge on any atom is 0.254 e. The highest BCUT2D eigenvalue weighted by atomic mass is 16.5. The molecule has 0 spiro atoms. The van der Waals surface area contributed by atoms with Gasteiger partial charge in [0.05, 0.1) is 13.0 Å². The van der Waals surface area contributed by atoms with Crippen LogP contribution in [0.1, 0.15) is 32.3 Å². The molecule has 4 heteroatoms. The maximum absolute atomic E-state index is 11.6. The lowest BCUT2D eigenvalue weighted by molar-refractivity contribution is -0.124. The minimum Gasteiger partial charge on any atom is -0.494 e. The molecule has 2 rings (SSSR count). The molecule has 1 N–H and O–H groups in total. The normalized spacial score (nSPS) is 17.4. The minimum absolute atomic E-state index is 0.165. The van der Waals surface area contributed by atoms with Gasteiger partial charge < -0.3 is 4.74 Å². The van der Waals surface area contributed by atoms with Crippen molar-refractivity contribution in [2.75, 3.05) is 6.61 Å². The van der Waals surface area contributed by atoms with Crippen LogP contribution in [0, 0.1) is 0 Å². The molecule has 19 heavy (non-hydrogen) atoms. The third-order valence-electron chi connectivity index (χ3n) is 3.08. The lowest BCUT2D eigenvalue weighted by atomic mass is 10.0. The largest absolute Gasteiger partial charge is 0.494 e. The van der Waals surface area contributed by atoms with Gasteiger partial charge in [-0.3, -0.25) is 14.9 Å². The van der Waals surface area contributed by atoms with Gasteiger partial charge in [0.15, 0.2) is 0 Å². The molecular formula is C15H17NO3. The molecule has 1 aliphatic heterocycles. The molecule has 0 atom stereocenters. The number of ether oxygens (including phenoxy) is 1. The zero-order chi connectivity index (χ0) is 13.8. The number of imide groups is 1. The molecule has 0 aromatic heterocycles. The first-order chi connectivity index (χ1) is 9.11. The zero-order valence-corrected chi connectivity index (χ0v) is 11.2. The molecule has 1 heterocycles. The van der Waals surface area contributed by atoms with E-state index in [2.05, 4.69) is 12.2 Å². The molecule has 1 aromatic carbocycles. The first kappa shape index (κ1) is 13.3. The van der Waals surface area contributed by atoms with Crippen molar-refractivity contribution in [3.8, 4) is 5.75 Å². The fourth-order valence-electron chi connectivity index (χ4n) is 1.99. The van der Waals surface area contributed by atoms with Crippen molar-refractivity contribution in [3.63, 3.8) is 0 Å². The molecule has 0 saturated carbocycles. The second kappa shape index (κ2) is 5.69. The van der Waals surface area contributed by atoms with Crippen LogP contribution in [-0.2, 0) is 9.59 Å². The Bertz CT molecular complexity index is 529. The summed E-state index contributed by atoms with van der Waals surface area (Å²) in [5.41, 5.74) is 2.32. The van der Waals surface area contributed by atoms with E-state index in [4.69, 9.17) is 4.74 Å². The third-order valence-corrected chi connectivity index (χ3v) is 3.08. The number of carbonyl (C=O) groups is 2. The molecule has 1 aliphatic rings. The smallest absolute Gasteiger partial charge is 0.254 e. The van der Waals surface area contributed by atoms with Crippen LogP contribution >= 0.6 is 0 Å². The van der Waals surface area contributed by atoms with Gasteiger partial charge in [-0.1, -0.05) is 19.1 Å². The topological polar surface area (TPSA) is 55.4 Å². The Kier molecular flexibility index (Phi) is 4.00. The van der Waals surface area contributed by atoms with E-state index in [-0.39, 0.29) is 18.2 Å². The van der Waals surface area contributed by atoms with Gasteiger partial charge in [0.2, 0.25) is 5.91 Å². The summed E-state index contributed by atoms with van der Waals surface area (Å²) in [6.07, 6.45) is 1.13. The zero-order valence-electron chi connectivity index (χ0n) is 11.2. The molecular weight excluding hydrogens is 242 g/mol. The Labute approximate surface area is 112 Å². The monoisotopic (exact) mass is 259 g/mol. The molecule has 0 aliphatic carbocycles. The number of rotatable bonds is 4. The van der Waals surface area contributed by atoms with E-state index >= 15 is 0 Å². The van der Waals surface area contributed by atoms with Gasteiger partial charge >= 0.3 is 0 Å². The van der Waals surface area contributed by atoms with Crippen molar-refractivity contribution in [1.29, 1.82) is 0 Å². The Morgan fingerprint density at radius 3 is 2.47 bits per heavy atom. The minimum atomic E-state index is -0.284. The highest BCUT2D eigenvalue weighted by molar-refractivity contribution is 6.17. The van der Waals surface area contributed by atoms with E-state index in [1.54, 1.807) is 0 Å².